The summed E-state index contributed by atoms with van der Waals surface area (Å²) in [5.41, 5.74) is 11.3. The lowest BCUT2D eigenvalue weighted by Gasteiger charge is -2.37. The van der Waals surface area contributed by atoms with Crippen molar-refractivity contribution in [2.75, 3.05) is 20.6 Å². The summed E-state index contributed by atoms with van der Waals surface area (Å²) in [6, 6.07) is 36.3. The van der Waals surface area contributed by atoms with Crippen molar-refractivity contribution < 1.29 is 14.4 Å². The average molecular weight is 657 g/mol. The molecule has 4 aromatic carbocycles. The first-order valence-electron chi connectivity index (χ1n) is 17.2. The van der Waals surface area contributed by atoms with E-state index in [1.807, 2.05) is 109 Å². The molecule has 2 atom stereocenters. The maximum atomic E-state index is 14.5. The van der Waals surface area contributed by atoms with Gasteiger partial charge in [0.15, 0.2) is 0 Å². The second kappa shape index (κ2) is 16.9. The lowest BCUT2D eigenvalue weighted by Crippen LogP contribution is -2.56. The SMILES string of the molecule is CN(C(=O)C=CCC1(N)CCC1)[C@H](Cc1ccc(-c2ccccc2)cc1)C(=O)N(C)[C@H](Cc1ccccc1)C(=O)NCCc1ccccc1. The van der Waals surface area contributed by atoms with Gasteiger partial charge in [0.1, 0.15) is 12.1 Å². The number of nitrogens with two attached hydrogens (primary N) is 1. The molecule has 0 aliphatic heterocycles. The van der Waals surface area contributed by atoms with Crippen LogP contribution in [0, 0.1) is 0 Å². The van der Waals surface area contributed by atoms with E-state index in [0.29, 0.717) is 32.2 Å². The Balaban J connectivity index is 1.37. The summed E-state index contributed by atoms with van der Waals surface area (Å²) < 4.78 is 0. The Morgan fingerprint density at radius 3 is 1.84 bits per heavy atom. The fourth-order valence-corrected chi connectivity index (χ4v) is 6.30. The third-order valence-corrected chi connectivity index (χ3v) is 9.67. The smallest absolute Gasteiger partial charge is 0.246 e. The molecule has 4 aromatic rings. The second-order valence-corrected chi connectivity index (χ2v) is 13.2. The summed E-state index contributed by atoms with van der Waals surface area (Å²) in [6.07, 6.45) is 8.29. The number of carbonyl (C=O) groups excluding carboxylic acids is 3. The summed E-state index contributed by atoms with van der Waals surface area (Å²) in [5, 5.41) is 3.07. The first-order chi connectivity index (χ1) is 23.7. The summed E-state index contributed by atoms with van der Waals surface area (Å²) in [6.45, 7) is 0.444. The second-order valence-electron chi connectivity index (χ2n) is 13.2. The molecular formula is C42H48N4O3. The molecular weight excluding hydrogens is 608 g/mol. The molecule has 3 N–H and O–H groups in total. The van der Waals surface area contributed by atoms with Gasteiger partial charge in [0.05, 0.1) is 0 Å². The van der Waals surface area contributed by atoms with Crippen molar-refractivity contribution in [1.82, 2.24) is 15.1 Å². The van der Waals surface area contributed by atoms with Crippen LogP contribution in [0.1, 0.15) is 42.4 Å². The van der Waals surface area contributed by atoms with Crippen LogP contribution >= 0.6 is 0 Å². The van der Waals surface area contributed by atoms with Crippen LogP contribution < -0.4 is 11.1 Å². The Kier molecular flexibility index (Phi) is 12.2. The number of carbonyl (C=O) groups is 3. The van der Waals surface area contributed by atoms with Crippen LogP contribution in [0.4, 0.5) is 0 Å². The Morgan fingerprint density at radius 2 is 1.24 bits per heavy atom. The fourth-order valence-electron chi connectivity index (χ4n) is 6.30. The molecule has 1 aliphatic rings. The minimum atomic E-state index is -0.837. The first kappa shape index (κ1) is 35.3. The average Bonchev–Trinajstić information content (AvgIpc) is 3.12. The van der Waals surface area contributed by atoms with Gasteiger partial charge in [-0.3, -0.25) is 14.4 Å². The van der Waals surface area contributed by atoms with E-state index >= 15 is 0 Å². The van der Waals surface area contributed by atoms with Crippen LogP contribution in [0.3, 0.4) is 0 Å². The van der Waals surface area contributed by atoms with E-state index < -0.39 is 12.1 Å². The fraction of sp³-hybridized carbons (Fsp3) is 0.310. The van der Waals surface area contributed by atoms with E-state index in [-0.39, 0.29) is 23.3 Å². The molecule has 7 nitrogen and oxygen atoms in total. The van der Waals surface area contributed by atoms with E-state index in [4.69, 9.17) is 5.73 Å². The minimum Gasteiger partial charge on any atom is -0.354 e. The van der Waals surface area contributed by atoms with Gasteiger partial charge in [-0.25, -0.2) is 0 Å². The molecule has 3 amide bonds. The van der Waals surface area contributed by atoms with Gasteiger partial charge >= 0.3 is 0 Å². The topological polar surface area (TPSA) is 95.7 Å². The van der Waals surface area contributed by atoms with Crippen LogP contribution in [-0.4, -0.2) is 65.8 Å². The largest absolute Gasteiger partial charge is 0.354 e. The van der Waals surface area contributed by atoms with Crippen LogP contribution in [0.15, 0.2) is 127 Å². The maximum Gasteiger partial charge on any atom is 0.246 e. The molecule has 254 valence electrons. The van der Waals surface area contributed by atoms with E-state index in [1.54, 1.807) is 14.1 Å². The minimum absolute atomic E-state index is 0.232. The van der Waals surface area contributed by atoms with Gasteiger partial charge in [-0.05, 0) is 66.0 Å². The summed E-state index contributed by atoms with van der Waals surface area (Å²) in [7, 11) is 3.33. The molecule has 49 heavy (non-hydrogen) atoms. The van der Waals surface area contributed by atoms with Crippen molar-refractivity contribution in [2.24, 2.45) is 5.73 Å². The van der Waals surface area contributed by atoms with Crippen molar-refractivity contribution in [3.63, 3.8) is 0 Å². The molecule has 0 radical (unpaired) electrons. The van der Waals surface area contributed by atoms with Crippen molar-refractivity contribution in [3.05, 3.63) is 144 Å². The van der Waals surface area contributed by atoms with E-state index in [0.717, 1.165) is 47.1 Å². The Morgan fingerprint density at radius 1 is 0.714 bits per heavy atom. The third-order valence-electron chi connectivity index (χ3n) is 9.67. The highest BCUT2D eigenvalue weighted by atomic mass is 16.2. The lowest BCUT2D eigenvalue weighted by molar-refractivity contribution is -0.146. The van der Waals surface area contributed by atoms with Crippen molar-refractivity contribution in [1.29, 1.82) is 0 Å². The predicted octanol–water partition coefficient (Wildman–Crippen LogP) is 5.98. The Hall–Kier alpha value is -5.01. The molecule has 0 saturated heterocycles. The van der Waals surface area contributed by atoms with Gasteiger partial charge in [0.2, 0.25) is 17.7 Å². The Bertz CT molecular complexity index is 1690. The molecule has 1 fully saturated rings. The van der Waals surface area contributed by atoms with Crippen LogP contribution in [0.25, 0.3) is 11.1 Å². The molecule has 1 aliphatic carbocycles. The first-order valence-corrected chi connectivity index (χ1v) is 17.2. The number of hydrogen-bond acceptors (Lipinski definition) is 4. The zero-order valence-electron chi connectivity index (χ0n) is 28.6. The van der Waals surface area contributed by atoms with Gasteiger partial charge < -0.3 is 20.9 Å². The normalized spacial score (nSPS) is 14.8. The van der Waals surface area contributed by atoms with Crippen LogP contribution in [0.2, 0.25) is 0 Å². The van der Waals surface area contributed by atoms with E-state index in [9.17, 15) is 14.4 Å². The number of amides is 3. The van der Waals surface area contributed by atoms with E-state index in [1.165, 1.54) is 15.9 Å². The standard InChI is InChI=1S/C42H48N4O3/c1-45(39(47)20-12-26-42(43)27-13-28-42)38(31-34-21-23-36(24-22-34)35-18-10-5-11-19-35)41(49)46(2)37(30-33-16-8-4-9-17-33)40(48)44-29-25-32-14-6-3-7-15-32/h3-12,14-24,37-38H,13,25-31,43H2,1-2H3,(H,44,48)/t37-,38-/m1/s1. The number of nitrogens with zero attached hydrogens (tertiary/aromatic N) is 2. The summed E-state index contributed by atoms with van der Waals surface area (Å²) in [4.78, 5) is 44.9. The zero-order valence-corrected chi connectivity index (χ0v) is 28.6. The van der Waals surface area contributed by atoms with Crippen molar-refractivity contribution in [2.45, 2.75) is 62.6 Å². The van der Waals surface area contributed by atoms with Crippen molar-refractivity contribution in [3.8, 4) is 11.1 Å². The monoisotopic (exact) mass is 656 g/mol. The number of nitrogens with one attached hydrogen (secondary N) is 1. The number of hydrogen-bond donors (Lipinski definition) is 2. The van der Waals surface area contributed by atoms with Gasteiger partial charge in [0, 0.05) is 39.0 Å². The third kappa shape index (κ3) is 9.77. The lowest BCUT2D eigenvalue weighted by atomic mass is 9.75. The van der Waals surface area contributed by atoms with Crippen LogP contribution in [-0.2, 0) is 33.6 Å². The molecule has 1 saturated carbocycles. The zero-order chi connectivity index (χ0) is 34.6. The van der Waals surface area contributed by atoms with E-state index in [2.05, 4.69) is 17.4 Å². The summed E-state index contributed by atoms with van der Waals surface area (Å²) in [5.74, 6) is -0.809. The Labute approximate surface area is 290 Å². The molecule has 0 aromatic heterocycles. The van der Waals surface area contributed by atoms with Crippen LogP contribution in [0.5, 0.6) is 0 Å². The molecule has 0 spiro atoms. The highest BCUT2D eigenvalue weighted by Crippen LogP contribution is 2.32. The highest BCUT2D eigenvalue weighted by molar-refractivity contribution is 5.95. The summed E-state index contributed by atoms with van der Waals surface area (Å²) >= 11 is 0. The van der Waals surface area contributed by atoms with Gasteiger partial charge in [-0.2, -0.15) is 0 Å². The number of benzene rings is 4. The van der Waals surface area contributed by atoms with Gasteiger partial charge in [0.25, 0.3) is 0 Å². The predicted molar refractivity (Wildman–Crippen MR) is 197 cm³/mol. The quantitative estimate of drug-likeness (QED) is 0.154. The molecule has 0 bridgehead atoms. The molecule has 0 heterocycles. The number of likely N-dealkylation sites (N-methyl/N-ethyl adjacent to an activating group) is 2. The van der Waals surface area contributed by atoms with Gasteiger partial charge in [-0.1, -0.05) is 121 Å². The van der Waals surface area contributed by atoms with Gasteiger partial charge in [-0.15, -0.1) is 0 Å². The highest BCUT2D eigenvalue weighted by Gasteiger charge is 2.35. The molecule has 7 heteroatoms. The van der Waals surface area contributed by atoms with Crippen molar-refractivity contribution >= 4 is 17.7 Å². The number of rotatable bonds is 15. The molecule has 5 rings (SSSR count). The molecule has 0 unspecified atom stereocenters. The maximum absolute atomic E-state index is 14.5.